The lowest BCUT2D eigenvalue weighted by Crippen LogP contribution is -2.41. The summed E-state index contributed by atoms with van der Waals surface area (Å²) < 4.78 is 74.6. The SMILES string of the molecule is CC1(C)OB(c2ccc3c(ccn3CCOCCOCCOCCn3cc(-c4cc(Nc5ccc(OC(F)(F)F)cc5)ncn4)cn3)c2)OC1(C)C. The molecule has 52 heavy (non-hydrogen) atoms. The number of nitrogens with zero attached hydrogens (tertiary/aromatic N) is 5. The number of hydrogen-bond acceptors (Lipinski definition) is 10. The van der Waals surface area contributed by atoms with Gasteiger partial charge in [0.2, 0.25) is 0 Å². The third kappa shape index (κ3) is 9.69. The fraction of sp³-hybridized carbons (Fsp3) is 0.417. The number of aromatic nitrogens is 5. The monoisotopic (exact) mass is 722 g/mol. The van der Waals surface area contributed by atoms with Crippen molar-refractivity contribution in [3.8, 4) is 17.0 Å². The van der Waals surface area contributed by atoms with E-state index < -0.39 is 6.36 Å². The molecule has 1 N–H and O–H groups in total. The van der Waals surface area contributed by atoms with Gasteiger partial charge in [0.15, 0.2) is 0 Å². The van der Waals surface area contributed by atoms with Crippen LogP contribution in [0, 0.1) is 0 Å². The summed E-state index contributed by atoms with van der Waals surface area (Å²) >= 11 is 0. The lowest BCUT2D eigenvalue weighted by molar-refractivity contribution is -0.274. The van der Waals surface area contributed by atoms with Crippen molar-refractivity contribution in [3.05, 3.63) is 79.5 Å². The van der Waals surface area contributed by atoms with E-state index in [4.69, 9.17) is 23.5 Å². The molecular formula is C36H42BF3N6O6. The molecule has 16 heteroatoms. The predicted octanol–water partition coefficient (Wildman–Crippen LogP) is 5.99. The van der Waals surface area contributed by atoms with Crippen LogP contribution >= 0.6 is 0 Å². The number of hydrogen-bond donors (Lipinski definition) is 1. The highest BCUT2D eigenvalue weighted by Gasteiger charge is 2.51. The van der Waals surface area contributed by atoms with Crippen LogP contribution in [-0.2, 0) is 36.6 Å². The molecule has 0 saturated carbocycles. The first-order valence-electron chi connectivity index (χ1n) is 17.0. The number of nitrogens with one attached hydrogen (secondary N) is 1. The first-order valence-corrected chi connectivity index (χ1v) is 17.0. The Kier molecular flexibility index (Phi) is 11.5. The third-order valence-corrected chi connectivity index (χ3v) is 8.96. The summed E-state index contributed by atoms with van der Waals surface area (Å²) in [4.78, 5) is 8.49. The van der Waals surface area contributed by atoms with E-state index in [1.807, 2.05) is 6.20 Å². The van der Waals surface area contributed by atoms with Crippen LogP contribution in [-0.4, -0.2) is 88.6 Å². The van der Waals surface area contributed by atoms with Crippen LogP contribution in [0.5, 0.6) is 5.75 Å². The number of anilines is 2. The van der Waals surface area contributed by atoms with E-state index in [-0.39, 0.29) is 24.1 Å². The molecule has 3 aromatic heterocycles. The van der Waals surface area contributed by atoms with Gasteiger partial charge in [0.1, 0.15) is 17.9 Å². The highest BCUT2D eigenvalue weighted by Crippen LogP contribution is 2.36. The normalized spacial score (nSPS) is 15.4. The molecule has 4 heterocycles. The van der Waals surface area contributed by atoms with E-state index in [2.05, 4.69) is 87.8 Å². The summed E-state index contributed by atoms with van der Waals surface area (Å²) in [5, 5.41) is 8.55. The molecule has 5 aromatic rings. The quantitative estimate of drug-likeness (QED) is 0.0908. The van der Waals surface area contributed by atoms with Crippen molar-refractivity contribution in [3.63, 3.8) is 0 Å². The van der Waals surface area contributed by atoms with E-state index in [0.717, 1.165) is 28.5 Å². The summed E-state index contributed by atoms with van der Waals surface area (Å²) in [7, 11) is -0.384. The minimum Gasteiger partial charge on any atom is -0.406 e. The minimum absolute atomic E-state index is 0.306. The average Bonchev–Trinajstić information content (AvgIpc) is 3.79. The zero-order chi connectivity index (χ0) is 36.8. The van der Waals surface area contributed by atoms with E-state index >= 15 is 0 Å². The molecule has 2 aromatic carbocycles. The zero-order valence-electron chi connectivity index (χ0n) is 29.6. The molecule has 12 nitrogen and oxygen atoms in total. The van der Waals surface area contributed by atoms with Gasteiger partial charge in [-0.2, -0.15) is 5.10 Å². The van der Waals surface area contributed by atoms with Gasteiger partial charge in [-0.3, -0.25) is 4.68 Å². The van der Waals surface area contributed by atoms with E-state index in [0.29, 0.717) is 63.4 Å². The maximum absolute atomic E-state index is 12.4. The standard InChI is InChI=1S/C36H42BF3N6O6/c1-34(2)35(3,4)52-37(51-34)28-5-10-32-26(21-28)11-12-45(32)13-15-47-17-19-49-20-18-48-16-14-46-24-27(23-43-46)31-22-33(42-25-41-31)44-29-6-8-30(9-7-29)50-36(38,39)40/h5-12,21-25H,13-20H2,1-4H3,(H,41,42,44). The Morgan fingerprint density at radius 1 is 0.808 bits per heavy atom. The van der Waals surface area contributed by atoms with Gasteiger partial charge in [-0.25, -0.2) is 9.97 Å². The molecule has 0 bridgehead atoms. The summed E-state index contributed by atoms with van der Waals surface area (Å²) in [6.07, 6.45) is 2.26. The molecule has 0 amide bonds. The Hall–Kier alpha value is -4.48. The average molecular weight is 723 g/mol. The Morgan fingerprint density at radius 3 is 2.17 bits per heavy atom. The van der Waals surface area contributed by atoms with Crippen molar-refractivity contribution >= 4 is 35.0 Å². The summed E-state index contributed by atoms with van der Waals surface area (Å²) in [5.41, 5.74) is 3.34. The van der Waals surface area contributed by atoms with Crippen LogP contribution in [0.4, 0.5) is 24.7 Å². The zero-order valence-corrected chi connectivity index (χ0v) is 29.6. The maximum Gasteiger partial charge on any atom is 0.573 e. The van der Waals surface area contributed by atoms with E-state index in [9.17, 15) is 13.2 Å². The third-order valence-electron chi connectivity index (χ3n) is 8.96. The molecule has 0 aliphatic carbocycles. The van der Waals surface area contributed by atoms with Crippen molar-refractivity contribution in [1.29, 1.82) is 0 Å². The largest absolute Gasteiger partial charge is 0.573 e. The van der Waals surface area contributed by atoms with Crippen molar-refractivity contribution in [1.82, 2.24) is 24.3 Å². The predicted molar refractivity (Wildman–Crippen MR) is 190 cm³/mol. The van der Waals surface area contributed by atoms with E-state index in [1.165, 1.54) is 30.6 Å². The van der Waals surface area contributed by atoms with Gasteiger partial charge in [-0.1, -0.05) is 12.1 Å². The molecule has 1 fully saturated rings. The Bertz CT molecular complexity index is 1900. The van der Waals surface area contributed by atoms with Crippen LogP contribution in [0.2, 0.25) is 0 Å². The molecule has 0 spiro atoms. The molecule has 276 valence electrons. The van der Waals surface area contributed by atoms with Crippen LogP contribution in [0.1, 0.15) is 27.7 Å². The molecule has 0 radical (unpaired) electrons. The molecular weight excluding hydrogens is 680 g/mol. The molecule has 6 rings (SSSR count). The van der Waals surface area contributed by atoms with Gasteiger partial charge in [-0.15, -0.1) is 13.2 Å². The first kappa shape index (κ1) is 37.3. The van der Waals surface area contributed by atoms with Crippen LogP contribution in [0.3, 0.4) is 0 Å². The van der Waals surface area contributed by atoms with Crippen molar-refractivity contribution in [2.24, 2.45) is 0 Å². The van der Waals surface area contributed by atoms with Crippen molar-refractivity contribution < 1.29 is 41.4 Å². The molecule has 1 aliphatic heterocycles. The molecule has 0 atom stereocenters. The fourth-order valence-electron chi connectivity index (χ4n) is 5.49. The number of ether oxygens (including phenoxy) is 4. The topological polar surface area (TPSA) is 116 Å². The summed E-state index contributed by atoms with van der Waals surface area (Å²) in [6.45, 7) is 12.4. The van der Waals surface area contributed by atoms with E-state index in [1.54, 1.807) is 16.9 Å². The summed E-state index contributed by atoms with van der Waals surface area (Å²) in [6, 6.07) is 15.5. The Labute approximate surface area is 300 Å². The number of halogens is 3. The van der Waals surface area contributed by atoms with Gasteiger partial charge in [0.25, 0.3) is 0 Å². The van der Waals surface area contributed by atoms with Gasteiger partial charge in [0, 0.05) is 41.8 Å². The second-order valence-electron chi connectivity index (χ2n) is 13.2. The van der Waals surface area contributed by atoms with Crippen LogP contribution in [0.15, 0.2) is 79.5 Å². The second-order valence-corrected chi connectivity index (χ2v) is 13.2. The van der Waals surface area contributed by atoms with Crippen LogP contribution < -0.4 is 15.5 Å². The van der Waals surface area contributed by atoms with Crippen molar-refractivity contribution in [2.45, 2.75) is 58.3 Å². The second kappa shape index (κ2) is 16.0. The smallest absolute Gasteiger partial charge is 0.406 e. The van der Waals surface area contributed by atoms with Gasteiger partial charge < -0.3 is 38.1 Å². The number of rotatable bonds is 17. The van der Waals surface area contributed by atoms with Crippen molar-refractivity contribution in [2.75, 3.05) is 45.0 Å². The maximum atomic E-state index is 12.4. The van der Waals surface area contributed by atoms with Gasteiger partial charge in [-0.05, 0) is 74.9 Å². The Balaban J connectivity index is 0.832. The Morgan fingerprint density at radius 2 is 1.48 bits per heavy atom. The number of benzene rings is 2. The highest BCUT2D eigenvalue weighted by atomic mass is 19.4. The minimum atomic E-state index is -4.75. The number of fused-ring (bicyclic) bond motifs is 1. The summed E-state index contributed by atoms with van der Waals surface area (Å²) in [5.74, 6) is 0.166. The lowest BCUT2D eigenvalue weighted by Gasteiger charge is -2.32. The molecule has 1 saturated heterocycles. The fourth-order valence-corrected chi connectivity index (χ4v) is 5.49. The lowest BCUT2D eigenvalue weighted by atomic mass is 9.79. The molecule has 1 aliphatic rings. The highest BCUT2D eigenvalue weighted by molar-refractivity contribution is 6.62. The van der Waals surface area contributed by atoms with Gasteiger partial charge in [0.05, 0.1) is 69.3 Å². The van der Waals surface area contributed by atoms with Crippen LogP contribution in [0.25, 0.3) is 22.2 Å². The van der Waals surface area contributed by atoms with Gasteiger partial charge >= 0.3 is 13.5 Å². The molecule has 0 unspecified atom stereocenters. The first-order chi connectivity index (χ1) is 24.9. The number of alkyl halides is 3.